The van der Waals surface area contributed by atoms with Gasteiger partial charge in [-0.05, 0) is 48.5 Å². The number of rotatable bonds is 5. The summed E-state index contributed by atoms with van der Waals surface area (Å²) in [4.78, 5) is 14.5. The lowest BCUT2D eigenvalue weighted by Crippen LogP contribution is -2.28. The van der Waals surface area contributed by atoms with E-state index in [0.29, 0.717) is 16.2 Å². The maximum Gasteiger partial charge on any atom is 0.270 e. The number of carbonyl (C=O) groups excluding carboxylic acids is 1. The first-order valence-electron chi connectivity index (χ1n) is 9.23. The minimum Gasteiger partial charge on any atom is -0.488 e. The SMILES string of the molecule is O=C1/C(=C\c2cc(Br)ccc2OCc2c(F)cccc2Cl)SC(=S)N1c1ccccc1F. The third-order valence-electron chi connectivity index (χ3n) is 4.58. The Labute approximate surface area is 206 Å². The van der Waals surface area contributed by atoms with Crippen LogP contribution in [0.4, 0.5) is 14.5 Å². The highest BCUT2D eigenvalue weighted by atomic mass is 79.9. The van der Waals surface area contributed by atoms with E-state index in [1.807, 2.05) is 0 Å². The number of hydrogen-bond acceptors (Lipinski definition) is 4. The molecule has 1 fully saturated rings. The van der Waals surface area contributed by atoms with Crippen molar-refractivity contribution >= 4 is 73.5 Å². The number of carbonyl (C=O) groups is 1. The topological polar surface area (TPSA) is 29.5 Å². The number of para-hydroxylation sites is 1. The van der Waals surface area contributed by atoms with Gasteiger partial charge in [0.1, 0.15) is 24.0 Å². The van der Waals surface area contributed by atoms with Gasteiger partial charge < -0.3 is 4.74 Å². The molecule has 1 saturated heterocycles. The lowest BCUT2D eigenvalue weighted by Gasteiger charge is -2.15. The first kappa shape index (κ1) is 22.9. The summed E-state index contributed by atoms with van der Waals surface area (Å²) in [5, 5.41) is 0.259. The zero-order valence-electron chi connectivity index (χ0n) is 16.2. The van der Waals surface area contributed by atoms with Crippen LogP contribution in [-0.2, 0) is 11.4 Å². The molecule has 3 aromatic carbocycles. The average molecular weight is 553 g/mol. The van der Waals surface area contributed by atoms with Gasteiger partial charge in [0.2, 0.25) is 0 Å². The van der Waals surface area contributed by atoms with Crippen LogP contribution < -0.4 is 9.64 Å². The second-order valence-corrected chi connectivity index (χ2v) is 9.64. The molecular weight excluding hydrogens is 540 g/mol. The van der Waals surface area contributed by atoms with E-state index < -0.39 is 17.5 Å². The Morgan fingerprint density at radius 2 is 1.84 bits per heavy atom. The number of thioether (sulfide) groups is 1. The van der Waals surface area contributed by atoms with Crippen molar-refractivity contribution in [3.8, 4) is 5.75 Å². The molecule has 0 aliphatic carbocycles. The number of anilines is 1. The van der Waals surface area contributed by atoms with E-state index in [-0.39, 0.29) is 27.2 Å². The molecule has 9 heteroatoms. The number of thiocarbonyl (C=S) groups is 1. The van der Waals surface area contributed by atoms with Crippen molar-refractivity contribution in [1.29, 1.82) is 0 Å². The number of halogens is 4. The van der Waals surface area contributed by atoms with Gasteiger partial charge in [0, 0.05) is 15.6 Å². The lowest BCUT2D eigenvalue weighted by molar-refractivity contribution is -0.113. The summed E-state index contributed by atoms with van der Waals surface area (Å²) in [6, 6.07) is 15.6. The molecule has 0 bridgehead atoms. The molecule has 1 heterocycles. The number of ether oxygens (including phenoxy) is 1. The maximum absolute atomic E-state index is 14.2. The third kappa shape index (κ3) is 4.73. The predicted octanol–water partition coefficient (Wildman–Crippen LogP) is 7.37. The Morgan fingerprint density at radius 1 is 1.09 bits per heavy atom. The molecule has 0 N–H and O–H groups in total. The average Bonchev–Trinajstić information content (AvgIpc) is 3.02. The van der Waals surface area contributed by atoms with Gasteiger partial charge in [-0.3, -0.25) is 9.69 Å². The second-order valence-electron chi connectivity index (χ2n) is 6.64. The summed E-state index contributed by atoms with van der Waals surface area (Å²) in [7, 11) is 0. The molecular formula is C23H13BrClF2NO2S2. The van der Waals surface area contributed by atoms with Gasteiger partial charge in [-0.2, -0.15) is 0 Å². The van der Waals surface area contributed by atoms with Crippen LogP contribution in [0.3, 0.4) is 0 Å². The third-order valence-corrected chi connectivity index (χ3v) is 6.73. The zero-order valence-corrected chi connectivity index (χ0v) is 20.1. The Bertz CT molecular complexity index is 1250. The smallest absolute Gasteiger partial charge is 0.270 e. The van der Waals surface area contributed by atoms with Crippen molar-refractivity contribution in [2.45, 2.75) is 6.61 Å². The van der Waals surface area contributed by atoms with Gasteiger partial charge >= 0.3 is 0 Å². The van der Waals surface area contributed by atoms with Crippen LogP contribution in [0.2, 0.25) is 5.02 Å². The summed E-state index contributed by atoms with van der Waals surface area (Å²) >= 11 is 15.9. The Kier molecular flexibility index (Phi) is 6.95. The Morgan fingerprint density at radius 3 is 2.59 bits per heavy atom. The van der Waals surface area contributed by atoms with Crippen molar-refractivity contribution in [1.82, 2.24) is 0 Å². The van der Waals surface area contributed by atoms with Crippen molar-refractivity contribution in [2.75, 3.05) is 4.90 Å². The highest BCUT2D eigenvalue weighted by Gasteiger charge is 2.34. The van der Waals surface area contributed by atoms with Gasteiger partial charge in [-0.1, -0.05) is 69.7 Å². The molecule has 162 valence electrons. The standard InChI is InChI=1S/C23H13BrClF2NO2S2/c24-14-8-9-20(30-12-15-16(25)4-3-6-17(15)26)13(10-14)11-21-22(29)28(23(31)32-21)19-7-2-1-5-18(19)27/h1-11H,12H2/b21-11+. The molecule has 3 aromatic rings. The van der Waals surface area contributed by atoms with E-state index in [1.165, 1.54) is 29.2 Å². The van der Waals surface area contributed by atoms with E-state index in [4.69, 9.17) is 28.6 Å². The predicted molar refractivity (Wildman–Crippen MR) is 132 cm³/mol. The van der Waals surface area contributed by atoms with Crippen LogP contribution >= 0.6 is 51.5 Å². The van der Waals surface area contributed by atoms with Crippen LogP contribution in [0.25, 0.3) is 6.08 Å². The Balaban J connectivity index is 1.64. The van der Waals surface area contributed by atoms with Gasteiger partial charge in [-0.15, -0.1) is 0 Å². The highest BCUT2D eigenvalue weighted by Crippen LogP contribution is 2.38. The zero-order chi connectivity index (χ0) is 22.8. The normalized spacial score (nSPS) is 15.0. The maximum atomic E-state index is 14.2. The first-order valence-corrected chi connectivity index (χ1v) is 11.6. The molecule has 4 rings (SSSR count). The van der Waals surface area contributed by atoms with E-state index in [1.54, 1.807) is 42.5 Å². The largest absolute Gasteiger partial charge is 0.488 e. The van der Waals surface area contributed by atoms with Crippen LogP contribution in [0.15, 0.2) is 70.0 Å². The molecule has 1 aliphatic rings. The van der Waals surface area contributed by atoms with E-state index >= 15 is 0 Å². The minimum absolute atomic E-state index is 0.0931. The highest BCUT2D eigenvalue weighted by molar-refractivity contribution is 9.10. The van der Waals surface area contributed by atoms with Crippen molar-refractivity contribution in [2.24, 2.45) is 0 Å². The van der Waals surface area contributed by atoms with Crippen molar-refractivity contribution in [3.63, 3.8) is 0 Å². The van der Waals surface area contributed by atoms with Crippen molar-refractivity contribution in [3.05, 3.63) is 97.8 Å². The number of nitrogens with zero attached hydrogens (tertiary/aromatic N) is 1. The lowest BCUT2D eigenvalue weighted by atomic mass is 10.1. The number of amides is 1. The molecule has 0 saturated carbocycles. The Hall–Kier alpha value is -2.26. The molecule has 1 amide bonds. The molecule has 3 nitrogen and oxygen atoms in total. The van der Waals surface area contributed by atoms with Crippen molar-refractivity contribution < 1.29 is 18.3 Å². The molecule has 32 heavy (non-hydrogen) atoms. The summed E-state index contributed by atoms with van der Waals surface area (Å²) < 4.78 is 35.1. The summed E-state index contributed by atoms with van der Waals surface area (Å²) in [6.45, 7) is -0.0931. The summed E-state index contributed by atoms with van der Waals surface area (Å²) in [5.41, 5.74) is 0.896. The fourth-order valence-corrected chi connectivity index (χ4v) is 4.91. The monoisotopic (exact) mass is 551 g/mol. The van der Waals surface area contributed by atoms with Crippen LogP contribution in [-0.4, -0.2) is 10.2 Å². The van der Waals surface area contributed by atoms with Gasteiger partial charge in [0.15, 0.2) is 4.32 Å². The van der Waals surface area contributed by atoms with Gasteiger partial charge in [-0.25, -0.2) is 8.78 Å². The van der Waals surface area contributed by atoms with Gasteiger partial charge in [0.25, 0.3) is 5.91 Å². The van der Waals surface area contributed by atoms with E-state index in [2.05, 4.69) is 15.9 Å². The minimum atomic E-state index is -0.543. The fraction of sp³-hybridized carbons (Fsp3) is 0.0435. The van der Waals surface area contributed by atoms with E-state index in [0.717, 1.165) is 16.2 Å². The van der Waals surface area contributed by atoms with E-state index in [9.17, 15) is 13.6 Å². The summed E-state index contributed by atoms with van der Waals surface area (Å²) in [5.74, 6) is -1.03. The molecule has 0 radical (unpaired) electrons. The molecule has 0 unspecified atom stereocenters. The molecule has 0 aromatic heterocycles. The number of hydrogen-bond donors (Lipinski definition) is 0. The van der Waals surface area contributed by atoms with Crippen LogP contribution in [0.5, 0.6) is 5.75 Å². The quantitative estimate of drug-likeness (QED) is 0.244. The van der Waals surface area contributed by atoms with Gasteiger partial charge in [0.05, 0.1) is 15.6 Å². The first-order chi connectivity index (χ1) is 15.3. The van der Waals surface area contributed by atoms with Crippen LogP contribution in [0, 0.1) is 11.6 Å². The number of benzene rings is 3. The second kappa shape index (κ2) is 9.70. The van der Waals surface area contributed by atoms with Crippen LogP contribution in [0.1, 0.15) is 11.1 Å². The molecule has 0 atom stereocenters. The summed E-state index contributed by atoms with van der Waals surface area (Å²) in [6.07, 6.45) is 1.61. The molecule has 0 spiro atoms. The fourth-order valence-electron chi connectivity index (χ4n) is 3.03. The molecule has 1 aliphatic heterocycles.